The second kappa shape index (κ2) is 5.95. The van der Waals surface area contributed by atoms with Crippen molar-refractivity contribution in [1.82, 2.24) is 0 Å². The molecule has 1 aliphatic rings. The largest absolute Gasteiger partial charge is 0.509 e. The summed E-state index contributed by atoms with van der Waals surface area (Å²) in [5.41, 5.74) is -0.651. The summed E-state index contributed by atoms with van der Waals surface area (Å²) in [6.07, 6.45) is 5.32. The van der Waals surface area contributed by atoms with Gasteiger partial charge in [0.05, 0.1) is 12.7 Å². The first-order valence-corrected chi connectivity index (χ1v) is 6.56. The molecule has 1 fully saturated rings. The lowest BCUT2D eigenvalue weighted by Gasteiger charge is -2.22. The zero-order chi connectivity index (χ0) is 13.9. The molecule has 1 aromatic carbocycles. The molecule has 1 aromatic rings. The zero-order valence-corrected chi connectivity index (χ0v) is 10.5. The van der Waals surface area contributed by atoms with E-state index in [1.807, 2.05) is 0 Å². The molecule has 0 amide bonds. The predicted octanol–water partition coefficient (Wildman–Crippen LogP) is 3.73. The molecule has 0 radical (unpaired) electrons. The van der Waals surface area contributed by atoms with E-state index in [1.165, 1.54) is 6.42 Å². The van der Waals surface area contributed by atoms with E-state index in [0.717, 1.165) is 37.8 Å². The van der Waals surface area contributed by atoms with E-state index >= 15 is 0 Å². The van der Waals surface area contributed by atoms with Gasteiger partial charge in [-0.05, 0) is 24.5 Å². The summed E-state index contributed by atoms with van der Waals surface area (Å²) in [4.78, 5) is 0. The smallest absolute Gasteiger partial charge is 0.445 e. The van der Waals surface area contributed by atoms with Crippen molar-refractivity contribution in [2.45, 2.75) is 44.8 Å². The molecule has 0 N–H and O–H groups in total. The van der Waals surface area contributed by atoms with Gasteiger partial charge >= 0.3 is 6.98 Å². The average molecular weight is 275 g/mol. The maximum Gasteiger partial charge on any atom is 0.509 e. The molecule has 0 bridgehead atoms. The van der Waals surface area contributed by atoms with Gasteiger partial charge in [-0.3, -0.25) is 0 Å². The van der Waals surface area contributed by atoms with Crippen LogP contribution in [0, 0.1) is 5.82 Å². The van der Waals surface area contributed by atoms with Crippen molar-refractivity contribution in [3.63, 3.8) is 0 Å². The molecule has 6 heteroatoms. The molecule has 19 heavy (non-hydrogen) atoms. The predicted molar refractivity (Wildman–Crippen MR) is 66.8 cm³/mol. The number of halogens is 4. The summed E-state index contributed by atoms with van der Waals surface area (Å²) in [6.45, 7) is -5.13. The van der Waals surface area contributed by atoms with Crippen LogP contribution in [-0.4, -0.2) is 13.1 Å². The van der Waals surface area contributed by atoms with Crippen LogP contribution in [0.1, 0.15) is 37.7 Å². The fraction of sp³-hybridized carbons (Fsp3) is 0.538. The molecule has 1 aliphatic carbocycles. The Morgan fingerprint density at radius 1 is 1.05 bits per heavy atom. The summed E-state index contributed by atoms with van der Waals surface area (Å²) in [6, 6.07) is 2.62. The molecule has 106 valence electrons. The maximum absolute atomic E-state index is 13.2. The second-order valence-corrected chi connectivity index (χ2v) is 5.04. The van der Waals surface area contributed by atoms with Gasteiger partial charge in [0.1, 0.15) is 5.82 Å². The van der Waals surface area contributed by atoms with E-state index in [0.29, 0.717) is 6.07 Å². The van der Waals surface area contributed by atoms with Crippen LogP contribution in [0.25, 0.3) is 0 Å². The summed E-state index contributed by atoms with van der Waals surface area (Å²) in [5.74, 6) is -0.862. The molecule has 0 saturated heterocycles. The third-order valence-electron chi connectivity index (χ3n) is 3.40. The van der Waals surface area contributed by atoms with Crippen molar-refractivity contribution in [2.24, 2.45) is 0 Å². The normalized spacial score (nSPS) is 17.7. The second-order valence-electron chi connectivity index (χ2n) is 5.04. The quantitative estimate of drug-likeness (QED) is 0.601. The van der Waals surface area contributed by atoms with Crippen LogP contribution in [0.2, 0.25) is 0 Å². The molecule has 2 rings (SSSR count). The van der Waals surface area contributed by atoms with Crippen molar-refractivity contribution in [3.05, 3.63) is 29.6 Å². The van der Waals surface area contributed by atoms with Crippen molar-refractivity contribution in [2.75, 3.05) is 0 Å². The highest BCUT2D eigenvalue weighted by Crippen LogP contribution is 2.21. The molecule has 0 unspecified atom stereocenters. The Kier molecular flexibility index (Phi) is 4.50. The minimum atomic E-state index is -5.17. The van der Waals surface area contributed by atoms with Gasteiger partial charge in [-0.2, -0.15) is 0 Å². The van der Waals surface area contributed by atoms with Crippen LogP contribution in [0.3, 0.4) is 0 Å². The molecule has 0 atom stereocenters. The van der Waals surface area contributed by atoms with E-state index < -0.39 is 18.3 Å². The molecular formula is C13H16BF4O-. The third kappa shape index (κ3) is 4.23. The Morgan fingerprint density at radius 3 is 2.37 bits per heavy atom. The van der Waals surface area contributed by atoms with Gasteiger partial charge < -0.3 is 17.7 Å². The minimum absolute atomic E-state index is 0.0432. The van der Waals surface area contributed by atoms with Crippen LogP contribution in [0.4, 0.5) is 17.3 Å². The summed E-state index contributed by atoms with van der Waals surface area (Å²) in [7, 11) is 0. The van der Waals surface area contributed by atoms with Gasteiger partial charge in [0.15, 0.2) is 0 Å². The first-order chi connectivity index (χ1) is 8.95. The molecule has 0 aromatic heterocycles. The Labute approximate surface area is 110 Å². The van der Waals surface area contributed by atoms with Crippen LogP contribution < -0.4 is 5.46 Å². The number of benzene rings is 1. The van der Waals surface area contributed by atoms with E-state index in [4.69, 9.17) is 4.74 Å². The van der Waals surface area contributed by atoms with Crippen LogP contribution >= 0.6 is 0 Å². The molecule has 1 nitrogen and oxygen atoms in total. The standard InChI is InChI=1S/C13H16BF4O/c15-12-7-10(6-11(8-12)14(16,17)18)9-19-13-4-2-1-3-5-13/h6-8,13H,1-5,9H2/q-1. The Balaban J connectivity index is 2.01. The summed E-state index contributed by atoms with van der Waals surface area (Å²) >= 11 is 0. The van der Waals surface area contributed by atoms with Gasteiger partial charge in [-0.15, -0.1) is 5.46 Å². The van der Waals surface area contributed by atoms with Crippen molar-refractivity contribution < 1.29 is 22.1 Å². The number of hydrogen-bond acceptors (Lipinski definition) is 1. The number of ether oxygens (including phenoxy) is 1. The highest BCUT2D eigenvalue weighted by Gasteiger charge is 2.26. The molecular weight excluding hydrogens is 259 g/mol. The van der Waals surface area contributed by atoms with Crippen LogP contribution in [0.15, 0.2) is 18.2 Å². The van der Waals surface area contributed by atoms with Gasteiger partial charge in [0.2, 0.25) is 0 Å². The van der Waals surface area contributed by atoms with Gasteiger partial charge in [-0.25, -0.2) is 4.39 Å². The fourth-order valence-corrected chi connectivity index (χ4v) is 2.39. The maximum atomic E-state index is 13.2. The molecule has 0 heterocycles. The lowest BCUT2D eigenvalue weighted by atomic mass is 9.79. The van der Waals surface area contributed by atoms with E-state index in [2.05, 4.69) is 0 Å². The van der Waals surface area contributed by atoms with Gasteiger partial charge in [-0.1, -0.05) is 31.4 Å². The average Bonchev–Trinajstić information content (AvgIpc) is 2.36. The summed E-state index contributed by atoms with van der Waals surface area (Å²) < 4.78 is 56.5. The number of rotatable bonds is 4. The lowest BCUT2D eigenvalue weighted by molar-refractivity contribution is 0.0168. The summed E-state index contributed by atoms with van der Waals surface area (Å²) in [5, 5.41) is 0. The highest BCUT2D eigenvalue weighted by atomic mass is 19.4. The highest BCUT2D eigenvalue weighted by molar-refractivity contribution is 6.73. The Hall–Kier alpha value is -1.04. The van der Waals surface area contributed by atoms with Crippen molar-refractivity contribution in [1.29, 1.82) is 0 Å². The SMILES string of the molecule is Fc1cc(COC2CCCCC2)cc([B-](F)(F)F)c1. The monoisotopic (exact) mass is 275 g/mol. The third-order valence-corrected chi connectivity index (χ3v) is 3.40. The molecule has 0 aliphatic heterocycles. The Bertz CT molecular complexity index is 427. The first-order valence-electron chi connectivity index (χ1n) is 6.56. The fourth-order valence-electron chi connectivity index (χ4n) is 2.39. The van der Waals surface area contributed by atoms with Crippen LogP contribution in [0.5, 0.6) is 0 Å². The van der Waals surface area contributed by atoms with E-state index in [9.17, 15) is 17.3 Å². The molecule has 0 spiro atoms. The van der Waals surface area contributed by atoms with Crippen molar-refractivity contribution >= 4 is 12.4 Å². The minimum Gasteiger partial charge on any atom is -0.445 e. The van der Waals surface area contributed by atoms with Crippen LogP contribution in [-0.2, 0) is 11.3 Å². The topological polar surface area (TPSA) is 9.23 Å². The van der Waals surface area contributed by atoms with Gasteiger partial charge in [0.25, 0.3) is 0 Å². The van der Waals surface area contributed by atoms with Crippen molar-refractivity contribution in [3.8, 4) is 0 Å². The van der Waals surface area contributed by atoms with E-state index in [-0.39, 0.29) is 18.3 Å². The lowest BCUT2D eigenvalue weighted by Crippen LogP contribution is -2.34. The Morgan fingerprint density at radius 2 is 1.74 bits per heavy atom. The zero-order valence-electron chi connectivity index (χ0n) is 10.5. The first kappa shape index (κ1) is 14.4. The molecule has 1 saturated carbocycles. The van der Waals surface area contributed by atoms with E-state index in [1.54, 1.807) is 0 Å². The van der Waals surface area contributed by atoms with Gasteiger partial charge in [0, 0.05) is 0 Å². The number of hydrogen-bond donors (Lipinski definition) is 0.